The third-order valence-corrected chi connectivity index (χ3v) is 5.56. The maximum absolute atomic E-state index is 11.8. The van der Waals surface area contributed by atoms with Gasteiger partial charge in [0.05, 0.1) is 12.7 Å². The molecule has 0 bridgehead atoms. The van der Waals surface area contributed by atoms with Gasteiger partial charge >= 0.3 is 13.8 Å². The number of phosphoric ester groups is 1. The van der Waals surface area contributed by atoms with E-state index in [4.69, 9.17) is 19.3 Å². The van der Waals surface area contributed by atoms with Crippen LogP contribution < -0.4 is 0 Å². The van der Waals surface area contributed by atoms with E-state index >= 15 is 0 Å². The van der Waals surface area contributed by atoms with E-state index in [0.29, 0.717) is 12.8 Å². The summed E-state index contributed by atoms with van der Waals surface area (Å²) in [4.78, 5) is 29.3. The van der Waals surface area contributed by atoms with Crippen LogP contribution in [-0.2, 0) is 23.4 Å². The van der Waals surface area contributed by atoms with Crippen LogP contribution in [0.4, 0.5) is 0 Å². The molecule has 0 spiro atoms. The summed E-state index contributed by atoms with van der Waals surface area (Å²) in [6.07, 6.45) is 0.121. The number of carboxylic acids is 1. The molecule has 1 fully saturated rings. The second-order valence-corrected chi connectivity index (χ2v) is 8.07. The number of ether oxygens (including phenoxy) is 2. The standard InChI is InChI=1S/C15H29O10P/c1-14(15(2,23-3)13(18)19,25-10-7-5-4-6-8-10)12(17)11(16)9-24-26(20,21)22/h10-12,16-17H,4-9H2,1-3H3,(H,18,19)(H2,20,21,22). The van der Waals surface area contributed by atoms with Gasteiger partial charge in [-0.2, -0.15) is 0 Å². The minimum atomic E-state index is -4.87. The molecule has 4 unspecified atom stereocenters. The van der Waals surface area contributed by atoms with Crippen molar-refractivity contribution in [2.45, 2.75) is 75.5 Å². The van der Waals surface area contributed by atoms with E-state index in [2.05, 4.69) is 4.52 Å². The van der Waals surface area contributed by atoms with E-state index in [-0.39, 0.29) is 6.10 Å². The first kappa shape index (κ1) is 23.5. The normalized spacial score (nSPS) is 23.7. The molecule has 0 amide bonds. The Hall–Kier alpha value is -0.580. The molecule has 1 rings (SSSR count). The Morgan fingerprint density at radius 1 is 1.19 bits per heavy atom. The molecule has 1 saturated carbocycles. The lowest BCUT2D eigenvalue weighted by atomic mass is 9.78. The van der Waals surface area contributed by atoms with Gasteiger partial charge in [-0.3, -0.25) is 4.52 Å². The lowest BCUT2D eigenvalue weighted by Crippen LogP contribution is -2.68. The van der Waals surface area contributed by atoms with Crippen LogP contribution in [0.3, 0.4) is 0 Å². The molecule has 0 aromatic heterocycles. The number of methoxy groups -OCH3 is 1. The minimum Gasteiger partial charge on any atom is -0.479 e. The summed E-state index contributed by atoms with van der Waals surface area (Å²) in [5, 5.41) is 30.4. The number of aliphatic carboxylic acids is 1. The summed E-state index contributed by atoms with van der Waals surface area (Å²) in [5.41, 5.74) is -3.94. The number of aliphatic hydroxyl groups excluding tert-OH is 2. The molecular weight excluding hydrogens is 371 g/mol. The third kappa shape index (κ3) is 5.46. The zero-order chi connectivity index (χ0) is 20.2. The summed E-state index contributed by atoms with van der Waals surface area (Å²) >= 11 is 0. The molecule has 5 N–H and O–H groups in total. The SMILES string of the molecule is COC(C)(C(=O)O)C(C)(OC1CCCCC1)C(O)C(O)COP(=O)(O)O. The van der Waals surface area contributed by atoms with Crippen molar-refractivity contribution >= 4 is 13.8 Å². The molecule has 0 radical (unpaired) electrons. The van der Waals surface area contributed by atoms with Crippen LogP contribution in [-0.4, -0.2) is 74.3 Å². The summed E-state index contributed by atoms with van der Waals surface area (Å²) in [7, 11) is -3.73. The van der Waals surface area contributed by atoms with Crippen LogP contribution in [0.2, 0.25) is 0 Å². The van der Waals surface area contributed by atoms with Gasteiger partial charge in [-0.1, -0.05) is 19.3 Å². The van der Waals surface area contributed by atoms with Crippen molar-refractivity contribution in [1.82, 2.24) is 0 Å². The topological polar surface area (TPSA) is 163 Å². The molecule has 0 saturated heterocycles. The highest BCUT2D eigenvalue weighted by Crippen LogP contribution is 2.40. The van der Waals surface area contributed by atoms with E-state index in [1.54, 1.807) is 0 Å². The number of phosphoric acid groups is 1. The summed E-state index contributed by atoms with van der Waals surface area (Å²) < 4.78 is 26.1. The van der Waals surface area contributed by atoms with E-state index in [1.807, 2.05) is 0 Å². The first-order valence-corrected chi connectivity index (χ1v) is 9.93. The van der Waals surface area contributed by atoms with Crippen molar-refractivity contribution in [3.8, 4) is 0 Å². The molecular formula is C15H29O10P. The zero-order valence-electron chi connectivity index (χ0n) is 15.2. The molecule has 0 aromatic rings. The second-order valence-electron chi connectivity index (χ2n) is 6.83. The number of hydrogen-bond donors (Lipinski definition) is 5. The quantitative estimate of drug-likeness (QED) is 0.325. The van der Waals surface area contributed by atoms with Crippen LogP contribution in [0.5, 0.6) is 0 Å². The van der Waals surface area contributed by atoms with Crippen molar-refractivity contribution in [1.29, 1.82) is 0 Å². The second kappa shape index (κ2) is 9.07. The molecule has 26 heavy (non-hydrogen) atoms. The maximum atomic E-state index is 11.8. The first-order valence-electron chi connectivity index (χ1n) is 8.40. The van der Waals surface area contributed by atoms with Crippen LogP contribution in [0.25, 0.3) is 0 Å². The predicted molar refractivity (Wildman–Crippen MR) is 89.4 cm³/mol. The van der Waals surface area contributed by atoms with Gasteiger partial charge < -0.3 is 34.6 Å². The average molecular weight is 400 g/mol. The summed E-state index contributed by atoms with van der Waals surface area (Å²) in [6.45, 7) is 1.59. The molecule has 154 valence electrons. The zero-order valence-corrected chi connectivity index (χ0v) is 16.1. The molecule has 0 heterocycles. The van der Waals surface area contributed by atoms with Gasteiger partial charge in [-0.05, 0) is 26.7 Å². The fourth-order valence-corrected chi connectivity index (χ4v) is 3.47. The number of carbonyl (C=O) groups is 1. The van der Waals surface area contributed by atoms with Gasteiger partial charge in [-0.15, -0.1) is 0 Å². The Bertz CT molecular complexity index is 517. The van der Waals surface area contributed by atoms with E-state index in [9.17, 15) is 24.7 Å². The Labute approximate surface area is 152 Å². The first-order chi connectivity index (χ1) is 11.9. The molecule has 1 aliphatic carbocycles. The highest BCUT2D eigenvalue weighted by atomic mass is 31.2. The average Bonchev–Trinajstić information content (AvgIpc) is 2.57. The summed E-state index contributed by atoms with van der Waals surface area (Å²) in [6, 6.07) is 0. The monoisotopic (exact) mass is 400 g/mol. The van der Waals surface area contributed by atoms with E-state index < -0.39 is 43.8 Å². The van der Waals surface area contributed by atoms with Gasteiger partial charge in [-0.25, -0.2) is 9.36 Å². The number of rotatable bonds is 10. The highest BCUT2D eigenvalue weighted by Gasteiger charge is 2.59. The third-order valence-electron chi connectivity index (χ3n) is 5.07. The van der Waals surface area contributed by atoms with E-state index in [0.717, 1.165) is 26.4 Å². The largest absolute Gasteiger partial charge is 0.479 e. The van der Waals surface area contributed by atoms with Crippen molar-refractivity contribution in [3.63, 3.8) is 0 Å². The fraction of sp³-hybridized carbons (Fsp3) is 0.933. The number of hydrogen-bond acceptors (Lipinski definition) is 7. The summed E-state index contributed by atoms with van der Waals surface area (Å²) in [5.74, 6) is -1.42. The van der Waals surface area contributed by atoms with Gasteiger partial charge in [0, 0.05) is 7.11 Å². The molecule has 4 atom stereocenters. The van der Waals surface area contributed by atoms with Gasteiger partial charge in [0.1, 0.15) is 17.8 Å². The Balaban J connectivity index is 3.12. The maximum Gasteiger partial charge on any atom is 0.469 e. The van der Waals surface area contributed by atoms with Crippen molar-refractivity contribution in [2.24, 2.45) is 0 Å². The Kier molecular flexibility index (Phi) is 8.19. The Morgan fingerprint density at radius 3 is 2.15 bits per heavy atom. The molecule has 11 heteroatoms. The molecule has 0 aliphatic heterocycles. The van der Waals surface area contributed by atoms with Crippen LogP contribution in [0, 0.1) is 0 Å². The van der Waals surface area contributed by atoms with Crippen molar-refractivity contribution in [2.75, 3.05) is 13.7 Å². The lowest BCUT2D eigenvalue weighted by molar-refractivity contribution is -0.263. The smallest absolute Gasteiger partial charge is 0.469 e. The highest BCUT2D eigenvalue weighted by molar-refractivity contribution is 7.46. The molecule has 10 nitrogen and oxygen atoms in total. The van der Waals surface area contributed by atoms with E-state index in [1.165, 1.54) is 13.8 Å². The van der Waals surface area contributed by atoms with Crippen LogP contribution >= 0.6 is 7.82 Å². The number of aliphatic hydroxyl groups is 2. The number of carboxylic acid groups (broad SMARTS) is 1. The van der Waals surface area contributed by atoms with Gasteiger partial charge in [0.2, 0.25) is 0 Å². The van der Waals surface area contributed by atoms with Crippen LogP contribution in [0.1, 0.15) is 46.0 Å². The lowest BCUT2D eigenvalue weighted by Gasteiger charge is -2.48. The van der Waals surface area contributed by atoms with Crippen molar-refractivity contribution < 1.29 is 48.5 Å². The van der Waals surface area contributed by atoms with Crippen molar-refractivity contribution in [3.05, 3.63) is 0 Å². The molecule has 1 aliphatic rings. The fourth-order valence-electron chi connectivity index (χ4n) is 3.13. The predicted octanol–water partition coefficient (Wildman–Crippen LogP) is 0.415. The van der Waals surface area contributed by atoms with Gasteiger partial charge in [0.25, 0.3) is 0 Å². The molecule has 0 aromatic carbocycles. The Morgan fingerprint density at radius 2 is 1.73 bits per heavy atom. The van der Waals surface area contributed by atoms with Gasteiger partial charge in [0.15, 0.2) is 5.60 Å². The van der Waals surface area contributed by atoms with Crippen LogP contribution in [0.15, 0.2) is 0 Å². The minimum absolute atomic E-state index is 0.341.